The predicted octanol–water partition coefficient (Wildman–Crippen LogP) is 4.59. The molecule has 1 aromatic rings. The van der Waals surface area contributed by atoms with Gasteiger partial charge in [0.25, 0.3) is 0 Å². The minimum absolute atomic E-state index is 0.384. The molecule has 0 radical (unpaired) electrons. The zero-order valence-electron chi connectivity index (χ0n) is 10.6. The van der Waals surface area contributed by atoms with Crippen molar-refractivity contribution in [2.45, 2.75) is 46.5 Å². The van der Waals surface area contributed by atoms with Crippen LogP contribution in [0, 0.1) is 11.3 Å². The molecule has 16 heavy (non-hydrogen) atoms. The summed E-state index contributed by atoms with van der Waals surface area (Å²) in [5, 5.41) is 0. The van der Waals surface area contributed by atoms with Gasteiger partial charge in [0.1, 0.15) is 0 Å². The lowest BCUT2D eigenvalue weighted by molar-refractivity contribution is 0.211. The molecule has 0 saturated heterocycles. The molecule has 2 rings (SSSR count). The zero-order valence-corrected chi connectivity index (χ0v) is 10.6. The van der Waals surface area contributed by atoms with Gasteiger partial charge in [-0.3, -0.25) is 0 Å². The van der Waals surface area contributed by atoms with Gasteiger partial charge in [-0.1, -0.05) is 25.5 Å². The van der Waals surface area contributed by atoms with Crippen LogP contribution < -0.4 is 0 Å². The Morgan fingerprint density at radius 3 is 2.94 bits per heavy atom. The first kappa shape index (κ1) is 11.5. The van der Waals surface area contributed by atoms with E-state index in [2.05, 4.69) is 32.9 Å². The predicted molar refractivity (Wildman–Crippen MR) is 67.3 cm³/mol. The van der Waals surface area contributed by atoms with Crippen LogP contribution in [0.2, 0.25) is 0 Å². The Hall–Kier alpha value is -0.980. The molecule has 2 unspecified atom stereocenters. The van der Waals surface area contributed by atoms with Crippen molar-refractivity contribution in [3.05, 3.63) is 35.8 Å². The number of rotatable bonds is 3. The van der Waals surface area contributed by atoms with E-state index in [1.54, 1.807) is 11.8 Å². The van der Waals surface area contributed by atoms with Gasteiger partial charge < -0.3 is 4.42 Å². The fourth-order valence-electron chi connectivity index (χ4n) is 2.77. The molecular formula is C15H22O. The molecule has 0 aromatic carbocycles. The standard InChI is InChI=1S/C15H22O/c1-12-5-4-6-13(2)15(12,3)9-7-14-8-10-16-11-14/h5,8,10-11,13H,4,6-7,9H2,1-3H3. The van der Waals surface area contributed by atoms with Crippen LogP contribution in [0.1, 0.15) is 45.6 Å². The molecule has 0 amide bonds. The second-order valence-electron chi connectivity index (χ2n) is 5.41. The van der Waals surface area contributed by atoms with E-state index in [0.717, 1.165) is 12.3 Å². The average molecular weight is 218 g/mol. The lowest BCUT2D eigenvalue weighted by atomic mass is 9.65. The normalized spacial score (nSPS) is 30.2. The number of aryl methyl sites for hydroxylation is 1. The van der Waals surface area contributed by atoms with Gasteiger partial charge in [-0.25, -0.2) is 0 Å². The van der Waals surface area contributed by atoms with Crippen LogP contribution in [0.5, 0.6) is 0 Å². The zero-order chi connectivity index (χ0) is 11.6. The van der Waals surface area contributed by atoms with Gasteiger partial charge in [0, 0.05) is 0 Å². The molecule has 2 atom stereocenters. The van der Waals surface area contributed by atoms with Crippen molar-refractivity contribution in [1.29, 1.82) is 0 Å². The summed E-state index contributed by atoms with van der Waals surface area (Å²) in [6.45, 7) is 7.11. The monoisotopic (exact) mass is 218 g/mol. The molecule has 1 aliphatic carbocycles. The second kappa shape index (κ2) is 4.48. The fraction of sp³-hybridized carbons (Fsp3) is 0.600. The summed E-state index contributed by atoms with van der Waals surface area (Å²) in [5.41, 5.74) is 3.29. The van der Waals surface area contributed by atoms with E-state index < -0.39 is 0 Å². The van der Waals surface area contributed by atoms with Gasteiger partial charge in [0.15, 0.2) is 0 Å². The minimum Gasteiger partial charge on any atom is -0.472 e. The highest BCUT2D eigenvalue weighted by atomic mass is 16.3. The molecule has 1 aliphatic rings. The van der Waals surface area contributed by atoms with Crippen molar-refractivity contribution in [3.63, 3.8) is 0 Å². The molecule has 88 valence electrons. The van der Waals surface area contributed by atoms with Crippen LogP contribution >= 0.6 is 0 Å². The molecule has 1 aromatic heterocycles. The summed E-state index contributed by atoms with van der Waals surface area (Å²) >= 11 is 0. The highest BCUT2D eigenvalue weighted by Gasteiger charge is 2.34. The topological polar surface area (TPSA) is 13.1 Å². The lowest BCUT2D eigenvalue weighted by Gasteiger charge is -2.40. The largest absolute Gasteiger partial charge is 0.472 e. The van der Waals surface area contributed by atoms with Gasteiger partial charge in [-0.2, -0.15) is 0 Å². The minimum atomic E-state index is 0.384. The van der Waals surface area contributed by atoms with Crippen molar-refractivity contribution < 1.29 is 4.42 Å². The van der Waals surface area contributed by atoms with E-state index in [9.17, 15) is 0 Å². The maximum atomic E-state index is 5.13. The smallest absolute Gasteiger partial charge is 0.0934 e. The maximum absolute atomic E-state index is 5.13. The van der Waals surface area contributed by atoms with Crippen molar-refractivity contribution in [2.24, 2.45) is 11.3 Å². The van der Waals surface area contributed by atoms with Crippen LogP contribution in [0.3, 0.4) is 0 Å². The second-order valence-corrected chi connectivity index (χ2v) is 5.41. The van der Waals surface area contributed by atoms with Crippen molar-refractivity contribution in [3.8, 4) is 0 Å². The van der Waals surface area contributed by atoms with Crippen LogP contribution in [-0.4, -0.2) is 0 Å². The third-order valence-corrected chi connectivity index (χ3v) is 4.55. The number of allylic oxidation sites excluding steroid dienone is 2. The van der Waals surface area contributed by atoms with Crippen molar-refractivity contribution in [1.82, 2.24) is 0 Å². The van der Waals surface area contributed by atoms with E-state index in [0.29, 0.717) is 5.41 Å². The van der Waals surface area contributed by atoms with E-state index in [-0.39, 0.29) is 0 Å². The highest BCUT2D eigenvalue weighted by molar-refractivity contribution is 5.17. The van der Waals surface area contributed by atoms with Gasteiger partial charge in [-0.05, 0) is 55.6 Å². The summed E-state index contributed by atoms with van der Waals surface area (Å²) in [5.74, 6) is 0.796. The van der Waals surface area contributed by atoms with Crippen LogP contribution in [0.4, 0.5) is 0 Å². The van der Waals surface area contributed by atoms with E-state index in [1.807, 2.05) is 6.26 Å². The molecule has 0 bridgehead atoms. The number of hydrogen-bond donors (Lipinski definition) is 0. The summed E-state index contributed by atoms with van der Waals surface area (Å²) in [7, 11) is 0. The third kappa shape index (κ3) is 2.09. The van der Waals surface area contributed by atoms with E-state index in [1.165, 1.54) is 24.8 Å². The number of hydrogen-bond acceptors (Lipinski definition) is 1. The lowest BCUT2D eigenvalue weighted by Crippen LogP contribution is -2.30. The summed E-state index contributed by atoms with van der Waals surface area (Å²) in [4.78, 5) is 0. The van der Waals surface area contributed by atoms with Gasteiger partial charge in [0.05, 0.1) is 12.5 Å². The molecule has 0 N–H and O–H groups in total. The molecule has 0 spiro atoms. The average Bonchev–Trinajstić information content (AvgIpc) is 2.76. The Kier molecular flexibility index (Phi) is 3.22. The van der Waals surface area contributed by atoms with E-state index >= 15 is 0 Å². The van der Waals surface area contributed by atoms with Crippen LogP contribution in [0.15, 0.2) is 34.7 Å². The Morgan fingerprint density at radius 1 is 1.50 bits per heavy atom. The first-order chi connectivity index (χ1) is 7.63. The molecule has 0 aliphatic heterocycles. The van der Waals surface area contributed by atoms with E-state index in [4.69, 9.17) is 4.42 Å². The van der Waals surface area contributed by atoms with Crippen molar-refractivity contribution >= 4 is 0 Å². The first-order valence-electron chi connectivity index (χ1n) is 6.31. The molecule has 0 saturated carbocycles. The Balaban J connectivity index is 2.06. The molecule has 0 fully saturated rings. The molecular weight excluding hydrogens is 196 g/mol. The van der Waals surface area contributed by atoms with Crippen LogP contribution in [0.25, 0.3) is 0 Å². The van der Waals surface area contributed by atoms with Gasteiger partial charge in [-0.15, -0.1) is 0 Å². The fourth-order valence-corrected chi connectivity index (χ4v) is 2.77. The molecule has 1 heteroatoms. The quantitative estimate of drug-likeness (QED) is 0.676. The number of furan rings is 1. The van der Waals surface area contributed by atoms with Gasteiger partial charge >= 0.3 is 0 Å². The molecule has 1 nitrogen and oxygen atoms in total. The van der Waals surface area contributed by atoms with Crippen LogP contribution in [-0.2, 0) is 6.42 Å². The Morgan fingerprint density at radius 2 is 2.31 bits per heavy atom. The summed E-state index contributed by atoms with van der Waals surface area (Å²) < 4.78 is 5.13. The molecule has 1 heterocycles. The Bertz CT molecular complexity index is 361. The SMILES string of the molecule is CC1=CCCC(C)C1(C)CCc1ccoc1. The third-order valence-electron chi connectivity index (χ3n) is 4.55. The van der Waals surface area contributed by atoms with Crippen molar-refractivity contribution in [2.75, 3.05) is 0 Å². The summed E-state index contributed by atoms with van der Waals surface area (Å²) in [6.07, 6.45) is 11.0. The van der Waals surface area contributed by atoms with Gasteiger partial charge in [0.2, 0.25) is 0 Å². The highest BCUT2D eigenvalue weighted by Crippen LogP contribution is 2.44. The Labute approximate surface area is 98.5 Å². The first-order valence-corrected chi connectivity index (χ1v) is 6.31. The maximum Gasteiger partial charge on any atom is 0.0934 e. The summed E-state index contributed by atoms with van der Waals surface area (Å²) in [6, 6.07) is 2.08.